The fraction of sp³-hybridized carbons (Fsp3) is 0.500. The minimum absolute atomic E-state index is 0.148. The summed E-state index contributed by atoms with van der Waals surface area (Å²) in [6.07, 6.45) is 1.07. The highest BCUT2D eigenvalue weighted by molar-refractivity contribution is 5.45. The normalized spacial score (nSPS) is 18.7. The molecule has 0 radical (unpaired) electrons. The van der Waals surface area contributed by atoms with Crippen LogP contribution in [-0.4, -0.2) is 13.2 Å². The molecule has 3 heteroatoms. The summed E-state index contributed by atoms with van der Waals surface area (Å²) < 4.78 is 18.8. The van der Waals surface area contributed by atoms with Gasteiger partial charge in [-0.25, -0.2) is 4.39 Å². The summed E-state index contributed by atoms with van der Waals surface area (Å²) in [5, 5.41) is 3.35. The molecule has 2 rings (SSSR count). The van der Waals surface area contributed by atoms with Crippen LogP contribution < -0.4 is 10.1 Å². The average Bonchev–Trinajstić information content (AvgIpc) is 2.58. The number of hydrogen-bond donors (Lipinski definition) is 1. The van der Waals surface area contributed by atoms with Crippen LogP contribution in [0.3, 0.4) is 0 Å². The molecule has 1 aliphatic heterocycles. The van der Waals surface area contributed by atoms with Gasteiger partial charge in [0, 0.05) is 5.56 Å². The van der Waals surface area contributed by atoms with E-state index in [1.165, 1.54) is 6.07 Å². The fourth-order valence-corrected chi connectivity index (χ4v) is 1.96. The molecular weight excluding hydrogens is 193 g/mol. The van der Waals surface area contributed by atoms with Crippen LogP contribution in [0.5, 0.6) is 5.75 Å². The Hall–Kier alpha value is -1.09. The Labute approximate surface area is 89.4 Å². The molecule has 1 aromatic carbocycles. The first-order valence-electron chi connectivity index (χ1n) is 5.38. The van der Waals surface area contributed by atoms with E-state index in [1.807, 2.05) is 6.92 Å². The summed E-state index contributed by atoms with van der Waals surface area (Å²) in [5.74, 6) is 0.671. The third-order valence-electron chi connectivity index (χ3n) is 2.68. The van der Waals surface area contributed by atoms with Gasteiger partial charge in [-0.05, 0) is 37.6 Å². The van der Waals surface area contributed by atoms with E-state index in [4.69, 9.17) is 4.74 Å². The first kappa shape index (κ1) is 10.4. The maximum absolute atomic E-state index is 13.2. The molecule has 2 nitrogen and oxygen atoms in total. The summed E-state index contributed by atoms with van der Waals surface area (Å²) in [6, 6.07) is 3.23. The van der Waals surface area contributed by atoms with Crippen LogP contribution in [0.25, 0.3) is 0 Å². The van der Waals surface area contributed by atoms with Crippen molar-refractivity contribution >= 4 is 0 Å². The quantitative estimate of drug-likeness (QED) is 0.826. The van der Waals surface area contributed by atoms with E-state index in [-0.39, 0.29) is 11.9 Å². The van der Waals surface area contributed by atoms with Gasteiger partial charge in [-0.15, -0.1) is 0 Å². The van der Waals surface area contributed by atoms with E-state index in [0.29, 0.717) is 6.61 Å². The third kappa shape index (κ3) is 1.97. The molecule has 82 valence electrons. The number of hydrogen-bond acceptors (Lipinski definition) is 2. The molecule has 0 aliphatic carbocycles. The van der Waals surface area contributed by atoms with Crippen molar-refractivity contribution in [3.05, 3.63) is 29.1 Å². The van der Waals surface area contributed by atoms with Gasteiger partial charge >= 0.3 is 0 Å². The lowest BCUT2D eigenvalue weighted by molar-refractivity contribution is 0.310. The Kier molecular flexibility index (Phi) is 2.91. The Morgan fingerprint density at radius 3 is 3.07 bits per heavy atom. The molecular formula is C12H16FNO. The Morgan fingerprint density at radius 2 is 2.33 bits per heavy atom. The van der Waals surface area contributed by atoms with E-state index in [9.17, 15) is 4.39 Å². The van der Waals surface area contributed by atoms with Crippen molar-refractivity contribution in [2.45, 2.75) is 26.3 Å². The molecule has 0 fully saturated rings. The minimum atomic E-state index is -0.181. The molecule has 1 atom stereocenters. The van der Waals surface area contributed by atoms with Gasteiger partial charge in [0.2, 0.25) is 0 Å². The molecule has 0 aromatic heterocycles. The molecule has 0 spiro atoms. The van der Waals surface area contributed by atoms with E-state index in [1.54, 1.807) is 6.07 Å². The Balaban J connectivity index is 2.25. The maximum atomic E-state index is 13.2. The lowest BCUT2D eigenvalue weighted by atomic mass is 10.1. The van der Waals surface area contributed by atoms with Gasteiger partial charge in [0.15, 0.2) is 0 Å². The minimum Gasteiger partial charge on any atom is -0.491 e. The number of nitrogens with one attached hydrogen (secondary N) is 1. The summed E-state index contributed by atoms with van der Waals surface area (Å²) >= 11 is 0. The van der Waals surface area contributed by atoms with Crippen molar-refractivity contribution < 1.29 is 9.13 Å². The molecule has 1 aliphatic rings. The standard InChI is InChI=1S/C12H16FNO/c1-3-4-14-11-7-15-12-8(2)5-9(13)6-10(11)12/h5-6,11,14H,3-4,7H2,1-2H3. The maximum Gasteiger partial charge on any atom is 0.127 e. The summed E-state index contributed by atoms with van der Waals surface area (Å²) in [5.41, 5.74) is 1.84. The van der Waals surface area contributed by atoms with Gasteiger partial charge < -0.3 is 10.1 Å². The second kappa shape index (κ2) is 4.19. The number of fused-ring (bicyclic) bond motifs is 1. The number of halogens is 1. The van der Waals surface area contributed by atoms with Gasteiger partial charge in [-0.3, -0.25) is 0 Å². The van der Waals surface area contributed by atoms with Gasteiger partial charge in [-0.1, -0.05) is 6.92 Å². The zero-order chi connectivity index (χ0) is 10.8. The van der Waals surface area contributed by atoms with E-state index in [0.717, 1.165) is 29.8 Å². The fourth-order valence-electron chi connectivity index (χ4n) is 1.96. The average molecular weight is 209 g/mol. The van der Waals surface area contributed by atoms with Crippen molar-refractivity contribution in [1.29, 1.82) is 0 Å². The Morgan fingerprint density at radius 1 is 1.53 bits per heavy atom. The highest BCUT2D eigenvalue weighted by Gasteiger charge is 2.25. The molecule has 1 unspecified atom stereocenters. The molecule has 0 saturated heterocycles. The van der Waals surface area contributed by atoms with Crippen LogP contribution in [0.2, 0.25) is 0 Å². The first-order chi connectivity index (χ1) is 7.22. The van der Waals surface area contributed by atoms with Crippen molar-refractivity contribution in [3.63, 3.8) is 0 Å². The van der Waals surface area contributed by atoms with Gasteiger partial charge in [0.05, 0.1) is 6.04 Å². The van der Waals surface area contributed by atoms with Crippen molar-refractivity contribution in [2.24, 2.45) is 0 Å². The second-order valence-corrected chi connectivity index (χ2v) is 3.96. The zero-order valence-electron chi connectivity index (χ0n) is 9.14. The van der Waals surface area contributed by atoms with Crippen molar-refractivity contribution in [3.8, 4) is 5.75 Å². The highest BCUT2D eigenvalue weighted by atomic mass is 19.1. The number of aryl methyl sites for hydroxylation is 1. The molecule has 0 bridgehead atoms. The largest absolute Gasteiger partial charge is 0.491 e. The molecule has 15 heavy (non-hydrogen) atoms. The topological polar surface area (TPSA) is 21.3 Å². The molecule has 1 aromatic rings. The van der Waals surface area contributed by atoms with Crippen LogP contribution in [-0.2, 0) is 0 Å². The van der Waals surface area contributed by atoms with Crippen molar-refractivity contribution in [2.75, 3.05) is 13.2 Å². The highest BCUT2D eigenvalue weighted by Crippen LogP contribution is 2.35. The predicted molar refractivity (Wildman–Crippen MR) is 57.7 cm³/mol. The second-order valence-electron chi connectivity index (χ2n) is 3.96. The summed E-state index contributed by atoms with van der Waals surface area (Å²) in [6.45, 7) is 5.54. The number of benzene rings is 1. The monoisotopic (exact) mass is 209 g/mol. The van der Waals surface area contributed by atoms with E-state index >= 15 is 0 Å². The molecule has 1 N–H and O–H groups in total. The lowest BCUT2D eigenvalue weighted by Crippen LogP contribution is -2.23. The third-order valence-corrected chi connectivity index (χ3v) is 2.68. The summed E-state index contributed by atoms with van der Waals surface area (Å²) in [7, 11) is 0. The van der Waals surface area contributed by atoms with Crippen molar-refractivity contribution in [1.82, 2.24) is 5.32 Å². The summed E-state index contributed by atoms with van der Waals surface area (Å²) in [4.78, 5) is 0. The Bertz CT molecular complexity index is 365. The smallest absolute Gasteiger partial charge is 0.127 e. The van der Waals surface area contributed by atoms with Crippen LogP contribution in [0.4, 0.5) is 4.39 Å². The van der Waals surface area contributed by atoms with Gasteiger partial charge in [0.25, 0.3) is 0 Å². The number of rotatable bonds is 3. The van der Waals surface area contributed by atoms with Gasteiger partial charge in [-0.2, -0.15) is 0 Å². The van der Waals surface area contributed by atoms with Crippen LogP contribution in [0, 0.1) is 12.7 Å². The zero-order valence-corrected chi connectivity index (χ0v) is 9.14. The molecule has 0 amide bonds. The molecule has 1 heterocycles. The van der Waals surface area contributed by atoms with E-state index in [2.05, 4.69) is 12.2 Å². The van der Waals surface area contributed by atoms with Crippen LogP contribution in [0.1, 0.15) is 30.5 Å². The number of ether oxygens (including phenoxy) is 1. The van der Waals surface area contributed by atoms with Gasteiger partial charge in [0.1, 0.15) is 18.2 Å². The SMILES string of the molecule is CCCNC1COc2c(C)cc(F)cc21. The predicted octanol–water partition coefficient (Wildman–Crippen LogP) is 2.57. The van der Waals surface area contributed by atoms with Crippen LogP contribution in [0.15, 0.2) is 12.1 Å². The lowest BCUT2D eigenvalue weighted by Gasteiger charge is -2.10. The van der Waals surface area contributed by atoms with Crippen LogP contribution >= 0.6 is 0 Å². The molecule has 0 saturated carbocycles. The first-order valence-corrected chi connectivity index (χ1v) is 5.38. The van der Waals surface area contributed by atoms with E-state index < -0.39 is 0 Å².